The summed E-state index contributed by atoms with van der Waals surface area (Å²) in [5, 5.41) is 15.7. The summed E-state index contributed by atoms with van der Waals surface area (Å²) in [6, 6.07) is 9.56. The molecule has 0 spiro atoms. The summed E-state index contributed by atoms with van der Waals surface area (Å²) in [6.45, 7) is 0.696. The van der Waals surface area contributed by atoms with Gasteiger partial charge in [0.15, 0.2) is 0 Å². The van der Waals surface area contributed by atoms with E-state index in [9.17, 15) is 0 Å². The van der Waals surface area contributed by atoms with E-state index in [1.807, 2.05) is 35.7 Å². The Bertz CT molecular complexity index is 1160. The quantitative estimate of drug-likeness (QED) is 0.503. The van der Waals surface area contributed by atoms with Crippen LogP contribution in [-0.4, -0.2) is 26.5 Å². The SMILES string of the molecule is N#Cc1nccnc1Oc1ccc(CCNc2ncnc3scc(Cl)c23)cc1. The zero-order valence-electron chi connectivity index (χ0n) is 14.5. The zero-order chi connectivity index (χ0) is 19.3. The zero-order valence-corrected chi connectivity index (χ0v) is 16.0. The number of rotatable bonds is 6. The smallest absolute Gasteiger partial charge is 0.256 e. The van der Waals surface area contributed by atoms with Gasteiger partial charge in [-0.1, -0.05) is 23.7 Å². The Morgan fingerprint density at radius 3 is 2.75 bits per heavy atom. The van der Waals surface area contributed by atoms with Crippen molar-refractivity contribution < 1.29 is 4.74 Å². The van der Waals surface area contributed by atoms with Crippen LogP contribution in [0, 0.1) is 11.3 Å². The van der Waals surface area contributed by atoms with Crippen molar-refractivity contribution in [3.63, 3.8) is 0 Å². The third-order valence-electron chi connectivity index (χ3n) is 3.94. The van der Waals surface area contributed by atoms with E-state index in [4.69, 9.17) is 21.6 Å². The minimum atomic E-state index is 0.152. The fraction of sp³-hybridized carbons (Fsp3) is 0.105. The molecule has 4 aromatic rings. The molecular weight excluding hydrogens is 396 g/mol. The molecule has 0 aliphatic carbocycles. The molecule has 28 heavy (non-hydrogen) atoms. The topological polar surface area (TPSA) is 96.6 Å². The fourth-order valence-electron chi connectivity index (χ4n) is 2.61. The Morgan fingerprint density at radius 2 is 1.93 bits per heavy atom. The maximum atomic E-state index is 9.04. The molecular formula is C19H13ClN6OS. The molecule has 0 bridgehead atoms. The van der Waals surface area contributed by atoms with Crippen LogP contribution in [0.25, 0.3) is 10.2 Å². The van der Waals surface area contributed by atoms with Crippen LogP contribution in [0.4, 0.5) is 5.82 Å². The number of anilines is 1. The maximum absolute atomic E-state index is 9.04. The van der Waals surface area contributed by atoms with Crippen molar-refractivity contribution in [2.75, 3.05) is 11.9 Å². The van der Waals surface area contributed by atoms with Crippen molar-refractivity contribution in [2.24, 2.45) is 0 Å². The van der Waals surface area contributed by atoms with Crippen LogP contribution in [0.1, 0.15) is 11.3 Å². The van der Waals surface area contributed by atoms with Gasteiger partial charge in [-0.3, -0.25) is 0 Å². The van der Waals surface area contributed by atoms with Gasteiger partial charge in [-0.15, -0.1) is 11.3 Å². The number of halogens is 1. The molecule has 3 heterocycles. The predicted octanol–water partition coefficient (Wildman–Crippen LogP) is 4.45. The molecule has 0 amide bonds. The Kier molecular flexibility index (Phi) is 5.28. The maximum Gasteiger partial charge on any atom is 0.256 e. The number of nitriles is 1. The number of hydrogen-bond acceptors (Lipinski definition) is 8. The first-order chi connectivity index (χ1) is 13.7. The van der Waals surface area contributed by atoms with Gasteiger partial charge in [0.1, 0.15) is 28.8 Å². The first kappa shape index (κ1) is 18.1. The third-order valence-corrected chi connectivity index (χ3v) is 5.25. The number of nitrogens with one attached hydrogen (secondary N) is 1. The number of benzene rings is 1. The van der Waals surface area contributed by atoms with Gasteiger partial charge in [0.25, 0.3) is 5.88 Å². The van der Waals surface area contributed by atoms with Gasteiger partial charge in [-0.25, -0.2) is 19.9 Å². The van der Waals surface area contributed by atoms with Crippen LogP contribution in [0.2, 0.25) is 5.02 Å². The van der Waals surface area contributed by atoms with Crippen molar-refractivity contribution >= 4 is 39.0 Å². The second kappa shape index (κ2) is 8.17. The Labute approximate surface area is 169 Å². The summed E-state index contributed by atoms with van der Waals surface area (Å²) < 4.78 is 5.64. The minimum absolute atomic E-state index is 0.152. The molecule has 7 nitrogen and oxygen atoms in total. The van der Waals surface area contributed by atoms with Crippen LogP contribution in [0.5, 0.6) is 11.6 Å². The number of nitrogens with zero attached hydrogens (tertiary/aromatic N) is 5. The molecule has 0 aliphatic rings. The molecule has 3 aromatic heterocycles. The van der Waals surface area contributed by atoms with Crippen molar-refractivity contribution in [1.29, 1.82) is 5.26 Å². The number of hydrogen-bond donors (Lipinski definition) is 1. The Balaban J connectivity index is 1.38. The van der Waals surface area contributed by atoms with Gasteiger partial charge < -0.3 is 10.1 Å². The molecule has 1 aromatic carbocycles. The lowest BCUT2D eigenvalue weighted by atomic mass is 10.1. The van der Waals surface area contributed by atoms with Gasteiger partial charge in [-0.2, -0.15) is 5.26 Å². The van der Waals surface area contributed by atoms with E-state index in [0.29, 0.717) is 17.3 Å². The summed E-state index contributed by atoms with van der Waals surface area (Å²) in [5.41, 5.74) is 1.28. The molecule has 0 unspecified atom stereocenters. The van der Waals surface area contributed by atoms with Crippen LogP contribution in [0.3, 0.4) is 0 Å². The van der Waals surface area contributed by atoms with Crippen LogP contribution >= 0.6 is 22.9 Å². The molecule has 0 saturated carbocycles. The van der Waals surface area contributed by atoms with E-state index < -0.39 is 0 Å². The highest BCUT2D eigenvalue weighted by Gasteiger charge is 2.10. The van der Waals surface area contributed by atoms with Crippen molar-refractivity contribution in [3.8, 4) is 17.7 Å². The van der Waals surface area contributed by atoms with E-state index in [0.717, 1.165) is 28.0 Å². The molecule has 0 saturated heterocycles. The minimum Gasteiger partial charge on any atom is -0.437 e. The largest absolute Gasteiger partial charge is 0.437 e. The highest BCUT2D eigenvalue weighted by atomic mass is 35.5. The lowest BCUT2D eigenvalue weighted by Crippen LogP contribution is -2.06. The average molecular weight is 409 g/mol. The van der Waals surface area contributed by atoms with Gasteiger partial charge in [0.2, 0.25) is 5.69 Å². The number of thiophene rings is 1. The van der Waals surface area contributed by atoms with Crippen molar-refractivity contribution in [2.45, 2.75) is 6.42 Å². The van der Waals surface area contributed by atoms with Gasteiger partial charge in [0, 0.05) is 24.3 Å². The van der Waals surface area contributed by atoms with E-state index in [2.05, 4.69) is 25.3 Å². The third kappa shape index (κ3) is 3.86. The highest BCUT2D eigenvalue weighted by Crippen LogP contribution is 2.32. The molecule has 138 valence electrons. The average Bonchev–Trinajstić information content (AvgIpc) is 3.11. The van der Waals surface area contributed by atoms with Crippen molar-refractivity contribution in [1.82, 2.24) is 19.9 Å². The molecule has 0 fully saturated rings. The summed E-state index contributed by atoms with van der Waals surface area (Å²) in [6.07, 6.45) is 5.27. The van der Waals surface area contributed by atoms with E-state index in [1.165, 1.54) is 30.1 Å². The molecule has 0 radical (unpaired) electrons. The summed E-state index contributed by atoms with van der Waals surface area (Å²) in [5.74, 6) is 1.53. The molecule has 9 heteroatoms. The second-order valence-corrected chi connectivity index (χ2v) is 7.00. The first-order valence-electron chi connectivity index (χ1n) is 8.34. The Hall–Kier alpha value is -3.28. The second-order valence-electron chi connectivity index (χ2n) is 5.73. The monoisotopic (exact) mass is 408 g/mol. The summed E-state index contributed by atoms with van der Waals surface area (Å²) in [7, 11) is 0. The van der Waals surface area contributed by atoms with Crippen LogP contribution in [0.15, 0.2) is 48.4 Å². The number of aromatic nitrogens is 4. The van der Waals surface area contributed by atoms with E-state index in [-0.39, 0.29) is 11.6 Å². The summed E-state index contributed by atoms with van der Waals surface area (Å²) >= 11 is 7.72. The van der Waals surface area contributed by atoms with Crippen LogP contribution in [-0.2, 0) is 6.42 Å². The summed E-state index contributed by atoms with van der Waals surface area (Å²) in [4.78, 5) is 17.3. The lowest BCUT2D eigenvalue weighted by Gasteiger charge is -2.08. The van der Waals surface area contributed by atoms with Gasteiger partial charge in [0.05, 0.1) is 10.4 Å². The fourth-order valence-corrected chi connectivity index (χ4v) is 3.75. The lowest BCUT2D eigenvalue weighted by molar-refractivity contribution is 0.458. The van der Waals surface area contributed by atoms with Crippen molar-refractivity contribution in [3.05, 3.63) is 64.6 Å². The molecule has 1 N–H and O–H groups in total. The predicted molar refractivity (Wildman–Crippen MR) is 108 cm³/mol. The highest BCUT2D eigenvalue weighted by molar-refractivity contribution is 7.17. The number of fused-ring (bicyclic) bond motifs is 1. The first-order valence-corrected chi connectivity index (χ1v) is 9.60. The number of ether oxygens (including phenoxy) is 1. The van der Waals surface area contributed by atoms with Gasteiger partial charge >= 0.3 is 0 Å². The Morgan fingerprint density at radius 1 is 1.11 bits per heavy atom. The van der Waals surface area contributed by atoms with E-state index >= 15 is 0 Å². The normalized spacial score (nSPS) is 10.6. The van der Waals surface area contributed by atoms with E-state index in [1.54, 1.807) is 0 Å². The van der Waals surface area contributed by atoms with Gasteiger partial charge in [-0.05, 0) is 24.1 Å². The molecule has 0 aliphatic heterocycles. The molecule has 0 atom stereocenters. The molecule has 4 rings (SSSR count). The van der Waals surface area contributed by atoms with Crippen LogP contribution < -0.4 is 10.1 Å². The standard InChI is InChI=1S/C19H13ClN6OS/c20-14-10-28-19-16(14)17(25-11-26-19)23-6-5-12-1-3-13(4-2-12)27-18-15(9-21)22-7-8-24-18/h1-4,7-8,10-11H,5-6H2,(H,23,25,26).